The van der Waals surface area contributed by atoms with E-state index in [1.54, 1.807) is 6.20 Å². The molecule has 0 bridgehead atoms. The van der Waals surface area contributed by atoms with Crippen molar-refractivity contribution in [2.24, 2.45) is 0 Å². The van der Waals surface area contributed by atoms with E-state index >= 15 is 0 Å². The SMILES string of the molecule is CCNc1ncc(Br)c(-n2ncc3ccccc32)n1. The van der Waals surface area contributed by atoms with Gasteiger partial charge in [-0.05, 0) is 28.9 Å². The van der Waals surface area contributed by atoms with Gasteiger partial charge in [-0.3, -0.25) is 0 Å². The summed E-state index contributed by atoms with van der Waals surface area (Å²) in [6.45, 7) is 2.79. The van der Waals surface area contributed by atoms with Gasteiger partial charge < -0.3 is 5.32 Å². The lowest BCUT2D eigenvalue weighted by molar-refractivity contribution is 0.859. The van der Waals surface area contributed by atoms with Gasteiger partial charge in [0.1, 0.15) is 0 Å². The first-order valence-electron chi connectivity index (χ1n) is 5.99. The molecule has 0 spiro atoms. The number of aromatic nitrogens is 4. The Morgan fingerprint density at radius 3 is 2.95 bits per heavy atom. The van der Waals surface area contributed by atoms with Gasteiger partial charge in [-0.15, -0.1) is 0 Å². The zero-order chi connectivity index (χ0) is 13.2. The van der Waals surface area contributed by atoms with Crippen molar-refractivity contribution in [3.63, 3.8) is 0 Å². The smallest absolute Gasteiger partial charge is 0.224 e. The maximum Gasteiger partial charge on any atom is 0.224 e. The minimum Gasteiger partial charge on any atom is -0.354 e. The Bertz CT molecular complexity index is 722. The lowest BCUT2D eigenvalue weighted by Gasteiger charge is -2.07. The van der Waals surface area contributed by atoms with Crippen molar-refractivity contribution in [2.75, 3.05) is 11.9 Å². The third-order valence-electron chi connectivity index (χ3n) is 2.74. The molecular weight excluding hydrogens is 306 g/mol. The van der Waals surface area contributed by atoms with Crippen molar-refractivity contribution in [3.05, 3.63) is 41.1 Å². The number of para-hydroxylation sites is 1. The summed E-state index contributed by atoms with van der Waals surface area (Å²) in [4.78, 5) is 8.69. The Morgan fingerprint density at radius 1 is 1.26 bits per heavy atom. The summed E-state index contributed by atoms with van der Waals surface area (Å²) in [7, 11) is 0. The molecule has 6 heteroatoms. The lowest BCUT2D eigenvalue weighted by Crippen LogP contribution is -2.07. The van der Waals surface area contributed by atoms with Crippen LogP contribution in [0.15, 0.2) is 41.1 Å². The normalized spacial score (nSPS) is 10.8. The van der Waals surface area contributed by atoms with Crippen molar-refractivity contribution >= 4 is 32.8 Å². The van der Waals surface area contributed by atoms with E-state index in [2.05, 4.69) is 36.3 Å². The fraction of sp³-hybridized carbons (Fsp3) is 0.154. The highest BCUT2D eigenvalue weighted by Crippen LogP contribution is 2.23. The zero-order valence-electron chi connectivity index (χ0n) is 10.3. The van der Waals surface area contributed by atoms with Crippen LogP contribution >= 0.6 is 15.9 Å². The zero-order valence-corrected chi connectivity index (χ0v) is 11.9. The van der Waals surface area contributed by atoms with E-state index in [9.17, 15) is 0 Å². The van der Waals surface area contributed by atoms with Gasteiger partial charge in [0.05, 0.1) is 16.2 Å². The number of fused-ring (bicyclic) bond motifs is 1. The van der Waals surface area contributed by atoms with Crippen LogP contribution in [-0.4, -0.2) is 26.3 Å². The van der Waals surface area contributed by atoms with E-state index in [0.717, 1.165) is 27.7 Å². The molecule has 96 valence electrons. The number of anilines is 1. The summed E-state index contributed by atoms with van der Waals surface area (Å²) in [5.74, 6) is 1.33. The van der Waals surface area contributed by atoms with Crippen molar-refractivity contribution in [2.45, 2.75) is 6.92 Å². The molecule has 1 N–H and O–H groups in total. The van der Waals surface area contributed by atoms with E-state index in [0.29, 0.717) is 5.95 Å². The van der Waals surface area contributed by atoms with E-state index in [1.165, 1.54) is 0 Å². The molecule has 1 aromatic carbocycles. The van der Waals surface area contributed by atoms with Gasteiger partial charge in [-0.2, -0.15) is 10.1 Å². The van der Waals surface area contributed by atoms with Crippen LogP contribution in [0.5, 0.6) is 0 Å². The Hall–Kier alpha value is -1.95. The van der Waals surface area contributed by atoms with E-state index < -0.39 is 0 Å². The predicted octanol–water partition coefficient (Wildman–Crippen LogP) is 3.01. The summed E-state index contributed by atoms with van der Waals surface area (Å²) in [5, 5.41) is 8.58. The number of hydrogen-bond acceptors (Lipinski definition) is 4. The monoisotopic (exact) mass is 317 g/mol. The Labute approximate surface area is 118 Å². The molecule has 5 nitrogen and oxygen atoms in total. The van der Waals surface area contributed by atoms with Crippen LogP contribution in [0.4, 0.5) is 5.95 Å². The number of benzene rings is 1. The Balaban J connectivity index is 2.17. The van der Waals surface area contributed by atoms with Crippen molar-refractivity contribution in [3.8, 4) is 5.82 Å². The van der Waals surface area contributed by atoms with E-state index in [4.69, 9.17) is 0 Å². The predicted molar refractivity (Wildman–Crippen MR) is 78.5 cm³/mol. The van der Waals surface area contributed by atoms with Gasteiger partial charge in [0.15, 0.2) is 5.82 Å². The van der Waals surface area contributed by atoms with Crippen molar-refractivity contribution in [1.82, 2.24) is 19.7 Å². The standard InChI is InChI=1S/C13H12BrN5/c1-2-15-13-16-8-10(14)12(18-13)19-11-6-4-3-5-9(11)7-17-19/h3-8H,2H2,1H3,(H,15,16,18). The summed E-state index contributed by atoms with van der Waals surface area (Å²) >= 11 is 3.48. The highest BCUT2D eigenvalue weighted by Gasteiger charge is 2.10. The number of nitrogens with one attached hydrogen (secondary N) is 1. The van der Waals surface area contributed by atoms with Crippen LogP contribution in [-0.2, 0) is 0 Å². The van der Waals surface area contributed by atoms with Crippen LogP contribution in [0.2, 0.25) is 0 Å². The molecule has 0 fully saturated rings. The van der Waals surface area contributed by atoms with Crippen LogP contribution in [0.25, 0.3) is 16.7 Å². The fourth-order valence-electron chi connectivity index (χ4n) is 1.89. The first-order chi connectivity index (χ1) is 9.29. The second-order valence-electron chi connectivity index (χ2n) is 4.01. The van der Waals surface area contributed by atoms with E-state index in [1.807, 2.05) is 42.1 Å². The van der Waals surface area contributed by atoms with Crippen molar-refractivity contribution < 1.29 is 0 Å². The third kappa shape index (κ3) is 2.19. The van der Waals surface area contributed by atoms with Crippen LogP contribution in [0.3, 0.4) is 0 Å². The summed E-state index contributed by atoms with van der Waals surface area (Å²) in [5.41, 5.74) is 1.02. The second kappa shape index (κ2) is 4.97. The van der Waals surface area contributed by atoms with Gasteiger partial charge in [-0.25, -0.2) is 9.67 Å². The van der Waals surface area contributed by atoms with E-state index in [-0.39, 0.29) is 0 Å². The van der Waals surface area contributed by atoms with Gasteiger partial charge >= 0.3 is 0 Å². The maximum absolute atomic E-state index is 4.49. The number of rotatable bonds is 3. The molecule has 0 aliphatic carbocycles. The molecule has 0 amide bonds. The van der Waals surface area contributed by atoms with Gasteiger partial charge in [0, 0.05) is 18.1 Å². The summed E-state index contributed by atoms with van der Waals surface area (Å²) in [6.07, 6.45) is 3.56. The molecule has 3 rings (SSSR count). The van der Waals surface area contributed by atoms with Crippen LogP contribution < -0.4 is 5.32 Å². The van der Waals surface area contributed by atoms with Crippen LogP contribution in [0, 0.1) is 0 Å². The Morgan fingerprint density at radius 2 is 2.11 bits per heavy atom. The molecule has 2 heterocycles. The first-order valence-corrected chi connectivity index (χ1v) is 6.78. The minimum absolute atomic E-state index is 0.597. The summed E-state index contributed by atoms with van der Waals surface area (Å²) in [6, 6.07) is 8.02. The van der Waals surface area contributed by atoms with Gasteiger partial charge in [0.2, 0.25) is 5.95 Å². The molecule has 0 aliphatic rings. The highest BCUT2D eigenvalue weighted by atomic mass is 79.9. The molecule has 19 heavy (non-hydrogen) atoms. The third-order valence-corrected chi connectivity index (χ3v) is 3.30. The minimum atomic E-state index is 0.597. The molecule has 0 atom stereocenters. The topological polar surface area (TPSA) is 55.6 Å². The second-order valence-corrected chi connectivity index (χ2v) is 4.87. The van der Waals surface area contributed by atoms with Crippen molar-refractivity contribution in [1.29, 1.82) is 0 Å². The number of hydrogen-bond donors (Lipinski definition) is 1. The molecule has 0 aliphatic heterocycles. The average molecular weight is 318 g/mol. The average Bonchev–Trinajstić information content (AvgIpc) is 2.85. The fourth-order valence-corrected chi connectivity index (χ4v) is 2.25. The first kappa shape index (κ1) is 12.1. The quantitative estimate of drug-likeness (QED) is 0.806. The molecule has 2 aromatic heterocycles. The van der Waals surface area contributed by atoms with Crippen LogP contribution in [0.1, 0.15) is 6.92 Å². The number of halogens is 1. The largest absolute Gasteiger partial charge is 0.354 e. The van der Waals surface area contributed by atoms with Gasteiger partial charge in [-0.1, -0.05) is 18.2 Å². The Kier molecular flexibility index (Phi) is 3.16. The molecule has 3 aromatic rings. The lowest BCUT2D eigenvalue weighted by atomic mass is 10.2. The molecule has 0 unspecified atom stereocenters. The molecule has 0 radical (unpaired) electrons. The highest BCUT2D eigenvalue weighted by molar-refractivity contribution is 9.10. The maximum atomic E-state index is 4.49. The number of nitrogens with zero attached hydrogens (tertiary/aromatic N) is 4. The van der Waals surface area contributed by atoms with Gasteiger partial charge in [0.25, 0.3) is 0 Å². The molecule has 0 saturated carbocycles. The molecule has 0 saturated heterocycles. The molecular formula is C13H12BrN5. The summed E-state index contributed by atoms with van der Waals surface area (Å²) < 4.78 is 2.62.